The van der Waals surface area contributed by atoms with Crippen LogP contribution in [0.15, 0.2) is 0 Å². The summed E-state index contributed by atoms with van der Waals surface area (Å²) in [5, 5.41) is -0.802. The van der Waals surface area contributed by atoms with E-state index in [-0.39, 0.29) is 11.0 Å². The summed E-state index contributed by atoms with van der Waals surface area (Å²) in [5.74, 6) is 0.774. The fraction of sp³-hybridized carbons (Fsp3) is 0.889. The third-order valence-corrected chi connectivity index (χ3v) is 6.06. The largest absolute Gasteiger partial charge is 0.392 e. The van der Waals surface area contributed by atoms with Crippen LogP contribution in [0.3, 0.4) is 0 Å². The molecule has 0 heterocycles. The fourth-order valence-electron chi connectivity index (χ4n) is 1.28. The smallest absolute Gasteiger partial charge is 0.223 e. The molecular weight excluding hydrogens is 264 g/mol. The van der Waals surface area contributed by atoms with E-state index in [1.807, 2.05) is 13.2 Å². The lowest BCUT2D eigenvalue weighted by Crippen LogP contribution is -2.46. The fourth-order valence-corrected chi connectivity index (χ4v) is 4.01. The highest BCUT2D eigenvalue weighted by Crippen LogP contribution is 2.16. The minimum Gasteiger partial charge on any atom is -0.392 e. The lowest BCUT2D eigenvalue weighted by Gasteiger charge is -2.28. The predicted molar refractivity (Wildman–Crippen MR) is 75.4 cm³/mol. The zero-order valence-corrected chi connectivity index (χ0v) is 12.6. The van der Waals surface area contributed by atoms with Gasteiger partial charge in [-0.2, -0.15) is 11.8 Å². The molecule has 0 rings (SSSR count). The summed E-state index contributed by atoms with van der Waals surface area (Å²) in [6.07, 6.45) is 2.74. The van der Waals surface area contributed by atoms with Crippen LogP contribution in [-0.4, -0.2) is 48.1 Å². The van der Waals surface area contributed by atoms with Crippen molar-refractivity contribution in [3.63, 3.8) is 0 Å². The Balaban J connectivity index is 4.93. The van der Waals surface area contributed by atoms with Crippen molar-refractivity contribution in [1.29, 1.82) is 0 Å². The Morgan fingerprint density at radius 1 is 1.56 bits per heavy atom. The Morgan fingerprint density at radius 2 is 2.06 bits per heavy atom. The number of hydrogen-bond acceptors (Lipinski definition) is 4. The van der Waals surface area contributed by atoms with Gasteiger partial charge in [0.25, 0.3) is 0 Å². The van der Waals surface area contributed by atoms with E-state index >= 15 is 0 Å². The van der Waals surface area contributed by atoms with E-state index in [4.69, 9.17) is 18.0 Å². The van der Waals surface area contributed by atoms with Gasteiger partial charge < -0.3 is 5.73 Å². The summed E-state index contributed by atoms with van der Waals surface area (Å²) in [4.78, 5) is 0.0193. The summed E-state index contributed by atoms with van der Waals surface area (Å²) >= 11 is 6.37. The second-order valence-electron chi connectivity index (χ2n) is 3.62. The molecule has 0 aromatic heterocycles. The Labute approximate surface area is 108 Å². The first-order valence-electron chi connectivity index (χ1n) is 5.04. The van der Waals surface area contributed by atoms with Gasteiger partial charge in [0, 0.05) is 18.8 Å². The van der Waals surface area contributed by atoms with Gasteiger partial charge in [-0.3, -0.25) is 0 Å². The van der Waals surface area contributed by atoms with Gasteiger partial charge in [-0.15, -0.1) is 0 Å². The highest BCUT2D eigenvalue weighted by Gasteiger charge is 2.31. The Morgan fingerprint density at radius 3 is 2.38 bits per heavy atom. The molecule has 2 atom stereocenters. The molecule has 4 nitrogen and oxygen atoms in total. The monoisotopic (exact) mass is 284 g/mol. The molecule has 0 saturated heterocycles. The Kier molecular flexibility index (Phi) is 6.84. The van der Waals surface area contributed by atoms with Crippen LogP contribution in [0.5, 0.6) is 0 Å². The van der Waals surface area contributed by atoms with Crippen LogP contribution in [0.4, 0.5) is 0 Å². The molecule has 0 aromatic rings. The molecule has 0 aromatic carbocycles. The zero-order chi connectivity index (χ0) is 12.9. The molecule has 96 valence electrons. The molecule has 7 heteroatoms. The number of thiocarbonyl (C=S) groups is 1. The molecule has 0 radical (unpaired) electrons. The van der Waals surface area contributed by atoms with Gasteiger partial charge in [-0.1, -0.05) is 19.1 Å². The van der Waals surface area contributed by atoms with Crippen molar-refractivity contribution in [1.82, 2.24) is 4.31 Å². The summed E-state index contributed by atoms with van der Waals surface area (Å²) in [6.45, 7) is 3.50. The Bertz CT molecular complexity index is 330. The molecule has 0 aliphatic carbocycles. The summed E-state index contributed by atoms with van der Waals surface area (Å²) in [7, 11) is -1.83. The van der Waals surface area contributed by atoms with E-state index in [2.05, 4.69) is 0 Å². The zero-order valence-electron chi connectivity index (χ0n) is 10.1. The molecule has 0 aliphatic rings. The minimum absolute atomic E-state index is 0.00296. The van der Waals surface area contributed by atoms with Crippen molar-refractivity contribution in [2.75, 3.05) is 19.1 Å². The molecule has 16 heavy (non-hydrogen) atoms. The van der Waals surface area contributed by atoms with E-state index < -0.39 is 15.3 Å². The van der Waals surface area contributed by atoms with E-state index in [1.54, 1.807) is 18.8 Å². The van der Waals surface area contributed by atoms with Crippen LogP contribution in [-0.2, 0) is 10.0 Å². The van der Waals surface area contributed by atoms with Crippen LogP contribution in [0, 0.1) is 0 Å². The summed E-state index contributed by atoms with van der Waals surface area (Å²) in [6, 6.07) is -0.00296. The molecule has 2 unspecified atom stereocenters. The van der Waals surface area contributed by atoms with Gasteiger partial charge in [0.2, 0.25) is 10.0 Å². The highest BCUT2D eigenvalue weighted by molar-refractivity contribution is 7.98. The quantitative estimate of drug-likeness (QED) is 0.708. The van der Waals surface area contributed by atoms with Crippen molar-refractivity contribution < 1.29 is 8.42 Å². The molecule has 2 N–H and O–H groups in total. The Hall–Kier alpha value is 0.150. The molecule has 0 spiro atoms. The minimum atomic E-state index is -3.42. The molecule has 0 saturated carbocycles. The van der Waals surface area contributed by atoms with Gasteiger partial charge in [0.1, 0.15) is 5.25 Å². The maximum absolute atomic E-state index is 12.1. The average Bonchev–Trinajstić information content (AvgIpc) is 2.23. The molecule has 0 bridgehead atoms. The lowest BCUT2D eigenvalue weighted by atomic mass is 10.3. The predicted octanol–water partition coefficient (Wildman–Crippen LogP) is 1.06. The number of nitrogens with zero attached hydrogens (tertiary/aromatic N) is 1. The topological polar surface area (TPSA) is 63.4 Å². The second-order valence-corrected chi connectivity index (χ2v) is 7.32. The SMILES string of the molecule is CCC(CSC)N(C)S(=O)(=O)C(C)C(N)=S. The van der Waals surface area contributed by atoms with Crippen LogP contribution in [0.1, 0.15) is 20.3 Å². The third kappa shape index (κ3) is 3.87. The van der Waals surface area contributed by atoms with Crippen molar-refractivity contribution in [3.8, 4) is 0 Å². The highest BCUT2D eigenvalue weighted by atomic mass is 32.2. The third-order valence-electron chi connectivity index (χ3n) is 2.59. The number of sulfonamides is 1. The van der Waals surface area contributed by atoms with E-state index in [0.717, 1.165) is 12.2 Å². The lowest BCUT2D eigenvalue weighted by molar-refractivity contribution is 0.384. The van der Waals surface area contributed by atoms with E-state index in [9.17, 15) is 8.42 Å². The summed E-state index contributed by atoms with van der Waals surface area (Å²) in [5.41, 5.74) is 5.40. The number of hydrogen-bond donors (Lipinski definition) is 1. The number of rotatable bonds is 7. The van der Waals surface area contributed by atoms with E-state index in [0.29, 0.717) is 0 Å². The average molecular weight is 284 g/mol. The molecular formula is C9H20N2O2S3. The van der Waals surface area contributed by atoms with Crippen LogP contribution in [0.25, 0.3) is 0 Å². The van der Waals surface area contributed by atoms with Crippen molar-refractivity contribution in [2.24, 2.45) is 5.73 Å². The van der Waals surface area contributed by atoms with E-state index in [1.165, 1.54) is 11.2 Å². The first kappa shape index (κ1) is 16.1. The molecule has 0 aliphatic heterocycles. The van der Waals surface area contributed by atoms with Gasteiger partial charge in [0.05, 0.1) is 4.99 Å². The van der Waals surface area contributed by atoms with Gasteiger partial charge in [0.15, 0.2) is 0 Å². The first-order valence-corrected chi connectivity index (χ1v) is 8.34. The second kappa shape index (κ2) is 6.78. The maximum atomic E-state index is 12.1. The molecule has 0 amide bonds. The van der Waals surface area contributed by atoms with Crippen LogP contribution >= 0.6 is 24.0 Å². The van der Waals surface area contributed by atoms with Crippen molar-refractivity contribution in [2.45, 2.75) is 31.6 Å². The summed E-state index contributed by atoms with van der Waals surface area (Å²) < 4.78 is 25.6. The normalized spacial score (nSPS) is 16.1. The van der Waals surface area contributed by atoms with Gasteiger partial charge in [-0.05, 0) is 19.6 Å². The number of nitrogens with two attached hydrogens (primary N) is 1. The van der Waals surface area contributed by atoms with Gasteiger partial charge in [-0.25, -0.2) is 12.7 Å². The number of thioether (sulfide) groups is 1. The standard InChI is InChI=1S/C9H20N2O2S3/c1-5-8(6-15-4)11(3)16(12,13)7(2)9(10)14/h7-8H,5-6H2,1-4H3,(H2,10,14). The van der Waals surface area contributed by atoms with Gasteiger partial charge >= 0.3 is 0 Å². The maximum Gasteiger partial charge on any atom is 0.223 e. The van der Waals surface area contributed by atoms with Crippen LogP contribution < -0.4 is 5.73 Å². The van der Waals surface area contributed by atoms with Crippen LogP contribution in [0.2, 0.25) is 0 Å². The van der Waals surface area contributed by atoms with Crippen molar-refractivity contribution in [3.05, 3.63) is 0 Å². The molecule has 0 fully saturated rings. The first-order chi connectivity index (χ1) is 7.28. The van der Waals surface area contributed by atoms with Crippen molar-refractivity contribution >= 4 is 39.0 Å².